The molecule has 1 unspecified atom stereocenters. The Hall–Kier alpha value is -0.550. The maximum absolute atomic E-state index is 8.53. The highest BCUT2D eigenvalue weighted by molar-refractivity contribution is 4.87. The third-order valence-electron chi connectivity index (χ3n) is 1.81. The molecule has 11 heavy (non-hydrogen) atoms. The van der Waals surface area contributed by atoms with Gasteiger partial charge >= 0.3 is 0 Å². The zero-order chi connectivity index (χ0) is 8.69. The molecule has 0 aromatic heterocycles. The van der Waals surface area contributed by atoms with E-state index in [1.807, 2.05) is 13.8 Å². The lowest BCUT2D eigenvalue weighted by Gasteiger charge is -2.24. The molecule has 1 aliphatic heterocycles. The second-order valence-electron chi connectivity index (χ2n) is 2.73. The Kier molecular flexibility index (Phi) is 5.87. The molecule has 64 valence electrons. The van der Waals surface area contributed by atoms with Gasteiger partial charge in [-0.15, -0.1) is 0 Å². The minimum atomic E-state index is 0.295. The first kappa shape index (κ1) is 10.4. The third kappa shape index (κ3) is 4.00. The van der Waals surface area contributed by atoms with Gasteiger partial charge in [0, 0.05) is 6.54 Å². The molecule has 0 bridgehead atoms. The summed E-state index contributed by atoms with van der Waals surface area (Å²) < 4.78 is 0. The van der Waals surface area contributed by atoms with Crippen LogP contribution in [0.3, 0.4) is 0 Å². The first-order valence-electron chi connectivity index (χ1n) is 4.41. The Morgan fingerprint density at radius 3 is 2.45 bits per heavy atom. The lowest BCUT2D eigenvalue weighted by Crippen LogP contribution is -2.31. The second kappa shape index (κ2) is 6.18. The monoisotopic (exact) mass is 154 g/mol. The number of likely N-dealkylation sites (tertiary alicyclic amines) is 1. The van der Waals surface area contributed by atoms with E-state index in [1.165, 1.54) is 6.42 Å². The van der Waals surface area contributed by atoms with Crippen molar-refractivity contribution >= 4 is 0 Å². The number of nitriles is 1. The molecule has 0 radical (unpaired) electrons. The van der Waals surface area contributed by atoms with Crippen LogP contribution in [0.4, 0.5) is 0 Å². The van der Waals surface area contributed by atoms with Crippen LogP contribution in [0.2, 0.25) is 0 Å². The largest absolute Gasteiger partial charge is 0.305 e. The summed E-state index contributed by atoms with van der Waals surface area (Å²) in [5, 5.41) is 8.53. The highest BCUT2D eigenvalue weighted by Gasteiger charge is 2.15. The smallest absolute Gasteiger partial charge is 0.0669 e. The molecule has 0 aliphatic carbocycles. The van der Waals surface area contributed by atoms with Gasteiger partial charge in [-0.2, -0.15) is 5.26 Å². The van der Waals surface area contributed by atoms with E-state index in [9.17, 15) is 0 Å². The highest BCUT2D eigenvalue weighted by Crippen LogP contribution is 2.12. The molecule has 0 spiro atoms. The van der Waals surface area contributed by atoms with Gasteiger partial charge in [-0.3, -0.25) is 0 Å². The van der Waals surface area contributed by atoms with Crippen LogP contribution in [-0.2, 0) is 0 Å². The molecule has 0 aromatic carbocycles. The van der Waals surface area contributed by atoms with Gasteiger partial charge in [0.15, 0.2) is 0 Å². The summed E-state index contributed by atoms with van der Waals surface area (Å²) in [6, 6.07) is 2.29. The molecule has 1 atom stereocenters. The Labute approximate surface area is 69.8 Å². The van der Waals surface area contributed by atoms with Crippen LogP contribution in [0.15, 0.2) is 0 Å². The average Bonchev–Trinajstić information content (AvgIpc) is 2.08. The van der Waals surface area contributed by atoms with E-state index in [1.54, 1.807) is 0 Å². The summed E-state index contributed by atoms with van der Waals surface area (Å²) in [7, 11) is 2.07. The van der Waals surface area contributed by atoms with E-state index in [0.29, 0.717) is 5.92 Å². The fourth-order valence-corrected chi connectivity index (χ4v) is 1.27. The lowest BCUT2D eigenvalue weighted by atomic mass is 10.0. The van der Waals surface area contributed by atoms with Crippen LogP contribution in [-0.4, -0.2) is 25.0 Å². The highest BCUT2D eigenvalue weighted by atomic mass is 15.1. The number of rotatable bonds is 0. The molecule has 0 amide bonds. The van der Waals surface area contributed by atoms with E-state index < -0.39 is 0 Å². The predicted octanol–water partition coefficient (Wildman–Crippen LogP) is 1.88. The van der Waals surface area contributed by atoms with E-state index in [0.717, 1.165) is 19.5 Å². The van der Waals surface area contributed by atoms with Crippen molar-refractivity contribution in [3.05, 3.63) is 0 Å². The summed E-state index contributed by atoms with van der Waals surface area (Å²) in [5.74, 6) is 0.295. The number of nitrogens with zero attached hydrogens (tertiary/aromatic N) is 2. The van der Waals surface area contributed by atoms with Crippen molar-refractivity contribution in [2.75, 3.05) is 20.1 Å². The van der Waals surface area contributed by atoms with Crippen molar-refractivity contribution in [2.45, 2.75) is 26.7 Å². The van der Waals surface area contributed by atoms with Gasteiger partial charge in [-0.25, -0.2) is 0 Å². The molecular formula is C9H18N2. The molecule has 1 aliphatic rings. The summed E-state index contributed by atoms with van der Waals surface area (Å²) >= 11 is 0. The summed E-state index contributed by atoms with van der Waals surface area (Å²) in [6.45, 7) is 6.13. The molecule has 1 saturated heterocycles. The van der Waals surface area contributed by atoms with Crippen LogP contribution < -0.4 is 0 Å². The van der Waals surface area contributed by atoms with E-state index in [4.69, 9.17) is 5.26 Å². The van der Waals surface area contributed by atoms with Crippen molar-refractivity contribution in [2.24, 2.45) is 5.92 Å². The minimum absolute atomic E-state index is 0.295. The molecule has 1 heterocycles. The van der Waals surface area contributed by atoms with Gasteiger partial charge in [-0.1, -0.05) is 13.8 Å². The van der Waals surface area contributed by atoms with E-state index in [2.05, 4.69) is 18.0 Å². The predicted molar refractivity (Wildman–Crippen MR) is 47.2 cm³/mol. The summed E-state index contributed by atoms with van der Waals surface area (Å²) in [4.78, 5) is 2.22. The normalized spacial score (nSPS) is 24.7. The van der Waals surface area contributed by atoms with Crippen LogP contribution in [0, 0.1) is 17.2 Å². The van der Waals surface area contributed by atoms with Crippen molar-refractivity contribution < 1.29 is 0 Å². The molecule has 0 saturated carbocycles. The zero-order valence-electron chi connectivity index (χ0n) is 7.80. The molecule has 1 fully saturated rings. The Balaban J connectivity index is 0.000000461. The molecule has 0 N–H and O–H groups in total. The molecular weight excluding hydrogens is 136 g/mol. The summed E-state index contributed by atoms with van der Waals surface area (Å²) in [6.07, 6.45) is 2.29. The van der Waals surface area contributed by atoms with Crippen molar-refractivity contribution in [1.29, 1.82) is 5.26 Å². The number of hydrogen-bond donors (Lipinski definition) is 0. The standard InChI is InChI=1S/C7H12N2.C2H6/c1-9-4-2-3-7(5-8)6-9;1-2/h7H,2-4,6H2,1H3;1-2H3. The fourth-order valence-electron chi connectivity index (χ4n) is 1.27. The maximum atomic E-state index is 8.53. The van der Waals surface area contributed by atoms with Crippen molar-refractivity contribution in [3.63, 3.8) is 0 Å². The van der Waals surface area contributed by atoms with Crippen molar-refractivity contribution in [3.8, 4) is 6.07 Å². The second-order valence-corrected chi connectivity index (χ2v) is 2.73. The van der Waals surface area contributed by atoms with Crippen LogP contribution in [0.5, 0.6) is 0 Å². The molecule has 2 nitrogen and oxygen atoms in total. The average molecular weight is 154 g/mol. The Morgan fingerprint density at radius 2 is 2.09 bits per heavy atom. The van der Waals surface area contributed by atoms with Gasteiger partial charge in [-0.05, 0) is 26.4 Å². The van der Waals surface area contributed by atoms with E-state index >= 15 is 0 Å². The molecule has 2 heteroatoms. The SMILES string of the molecule is CC.CN1CCCC(C#N)C1. The minimum Gasteiger partial charge on any atom is -0.305 e. The van der Waals surface area contributed by atoms with Crippen LogP contribution in [0.1, 0.15) is 26.7 Å². The first-order chi connectivity index (χ1) is 5.33. The van der Waals surface area contributed by atoms with Gasteiger partial charge in [0.2, 0.25) is 0 Å². The van der Waals surface area contributed by atoms with E-state index in [-0.39, 0.29) is 0 Å². The zero-order valence-corrected chi connectivity index (χ0v) is 7.80. The Morgan fingerprint density at radius 1 is 1.45 bits per heavy atom. The van der Waals surface area contributed by atoms with Gasteiger partial charge in [0.1, 0.15) is 0 Å². The topological polar surface area (TPSA) is 27.0 Å². The maximum Gasteiger partial charge on any atom is 0.0669 e. The Bertz CT molecular complexity index is 126. The lowest BCUT2D eigenvalue weighted by molar-refractivity contribution is 0.241. The van der Waals surface area contributed by atoms with Gasteiger partial charge < -0.3 is 4.90 Å². The summed E-state index contributed by atoms with van der Waals surface area (Å²) in [5.41, 5.74) is 0. The fraction of sp³-hybridized carbons (Fsp3) is 0.889. The number of hydrogen-bond acceptors (Lipinski definition) is 2. The number of piperidine rings is 1. The third-order valence-corrected chi connectivity index (χ3v) is 1.81. The van der Waals surface area contributed by atoms with Crippen molar-refractivity contribution in [1.82, 2.24) is 4.90 Å². The van der Waals surface area contributed by atoms with Crippen LogP contribution in [0.25, 0.3) is 0 Å². The van der Waals surface area contributed by atoms with Gasteiger partial charge in [0.25, 0.3) is 0 Å². The van der Waals surface area contributed by atoms with Gasteiger partial charge in [0.05, 0.1) is 12.0 Å². The quantitative estimate of drug-likeness (QED) is 0.532. The van der Waals surface area contributed by atoms with Crippen LogP contribution >= 0.6 is 0 Å². The molecule has 1 rings (SSSR count). The molecule has 0 aromatic rings. The first-order valence-corrected chi connectivity index (χ1v) is 4.41.